The summed E-state index contributed by atoms with van der Waals surface area (Å²) in [4.78, 5) is 62.6. The van der Waals surface area contributed by atoms with Crippen LogP contribution in [-0.4, -0.2) is 64.0 Å². The van der Waals surface area contributed by atoms with E-state index in [1.54, 1.807) is 13.8 Å². The molecule has 3 N–H and O–H groups in total. The number of esters is 1. The van der Waals surface area contributed by atoms with Crippen LogP contribution in [0, 0.1) is 0 Å². The molecular formula is C16H18N5NaO8S. The van der Waals surface area contributed by atoms with Gasteiger partial charge in [0.25, 0.3) is 17.5 Å². The van der Waals surface area contributed by atoms with Gasteiger partial charge in [0.15, 0.2) is 10.8 Å². The van der Waals surface area contributed by atoms with Gasteiger partial charge in [0.2, 0.25) is 0 Å². The van der Waals surface area contributed by atoms with Crippen molar-refractivity contribution in [1.29, 1.82) is 0 Å². The second kappa shape index (κ2) is 9.91. The number of oxime groups is 1. The van der Waals surface area contributed by atoms with E-state index in [0.29, 0.717) is 5.06 Å². The van der Waals surface area contributed by atoms with Crippen molar-refractivity contribution in [3.05, 3.63) is 11.1 Å². The Hall–Kier alpha value is -2.26. The molecule has 0 bridgehead atoms. The zero-order valence-electron chi connectivity index (χ0n) is 16.9. The molecule has 2 aliphatic heterocycles. The quantitative estimate of drug-likeness (QED) is 0.171. The molecule has 2 saturated heterocycles. The molecule has 2 amide bonds. The molecule has 2 atom stereocenters. The van der Waals surface area contributed by atoms with Crippen LogP contribution >= 0.6 is 11.3 Å². The van der Waals surface area contributed by atoms with Crippen molar-refractivity contribution >= 4 is 45.9 Å². The van der Waals surface area contributed by atoms with E-state index in [-0.39, 0.29) is 65.0 Å². The normalized spacial score (nSPS) is 23.5. The van der Waals surface area contributed by atoms with Crippen LogP contribution in [0.15, 0.2) is 10.5 Å². The summed E-state index contributed by atoms with van der Waals surface area (Å²) in [6, 6.07) is -1.27. The number of aromatic nitrogens is 1. The maximum atomic E-state index is 12.7. The van der Waals surface area contributed by atoms with Gasteiger partial charge >= 0.3 is 35.5 Å². The molecule has 1 aromatic heterocycles. The van der Waals surface area contributed by atoms with E-state index in [1.165, 1.54) is 5.38 Å². The van der Waals surface area contributed by atoms with E-state index < -0.39 is 42.1 Å². The molecule has 162 valence electrons. The van der Waals surface area contributed by atoms with Gasteiger partial charge in [-0.1, -0.05) is 5.16 Å². The van der Waals surface area contributed by atoms with Gasteiger partial charge in [-0.15, -0.1) is 11.3 Å². The van der Waals surface area contributed by atoms with E-state index in [1.807, 2.05) is 0 Å². The molecule has 0 aliphatic carbocycles. The van der Waals surface area contributed by atoms with Crippen LogP contribution in [0.25, 0.3) is 0 Å². The van der Waals surface area contributed by atoms with E-state index in [0.717, 1.165) is 11.3 Å². The van der Waals surface area contributed by atoms with Gasteiger partial charge in [0, 0.05) is 11.8 Å². The molecule has 13 nitrogen and oxygen atoms in total. The molecule has 0 aromatic carbocycles. The van der Waals surface area contributed by atoms with Gasteiger partial charge in [-0.05, 0) is 13.8 Å². The zero-order valence-corrected chi connectivity index (χ0v) is 19.8. The van der Waals surface area contributed by atoms with Crippen LogP contribution in [0.4, 0.5) is 5.13 Å². The summed E-state index contributed by atoms with van der Waals surface area (Å²) in [5, 5.41) is 19.8. The number of carbonyl (C=O) groups is 4. The minimum absolute atomic E-state index is 0. The average Bonchev–Trinajstić information content (AvgIpc) is 3.36. The van der Waals surface area contributed by atoms with Gasteiger partial charge in [-0.3, -0.25) is 19.2 Å². The number of carbonyl (C=O) groups excluding carboxylic acids is 4. The summed E-state index contributed by atoms with van der Waals surface area (Å²) < 4.78 is 4.80. The number of carboxylic acid groups (broad SMARTS) is 1. The molecule has 3 heterocycles. The molecule has 1 aromatic rings. The van der Waals surface area contributed by atoms with Crippen molar-refractivity contribution in [3.63, 3.8) is 0 Å². The molecule has 1 unspecified atom stereocenters. The Bertz CT molecular complexity index is 922. The van der Waals surface area contributed by atoms with Crippen molar-refractivity contribution in [1.82, 2.24) is 15.4 Å². The van der Waals surface area contributed by atoms with Crippen LogP contribution < -0.4 is 45.7 Å². The maximum Gasteiger partial charge on any atom is 1.00 e. The second-order valence-corrected chi connectivity index (χ2v) is 7.56. The Morgan fingerprint density at radius 2 is 2.19 bits per heavy atom. The van der Waals surface area contributed by atoms with Gasteiger partial charge in [0.1, 0.15) is 30.4 Å². The van der Waals surface area contributed by atoms with E-state index in [9.17, 15) is 24.3 Å². The summed E-state index contributed by atoms with van der Waals surface area (Å²) in [6.07, 6.45) is -0.906. The monoisotopic (exact) mass is 463 g/mol. The SMILES string of the molecule is CC(C)ON=C(C(=O)N[C@H]1CON(C2(C(=O)[O-])CCC(=O)O2)C1=O)c1csc(N)n1.[Na+]. The third-order valence-corrected chi connectivity index (χ3v) is 4.78. The first-order chi connectivity index (χ1) is 14.1. The number of hydrogen-bond acceptors (Lipinski definition) is 12. The van der Waals surface area contributed by atoms with Gasteiger partial charge in [0.05, 0.1) is 6.42 Å². The second-order valence-electron chi connectivity index (χ2n) is 6.67. The van der Waals surface area contributed by atoms with E-state index in [4.69, 9.17) is 20.1 Å². The Labute approximate surface area is 202 Å². The summed E-state index contributed by atoms with van der Waals surface area (Å²) in [6.45, 7) is 3.00. The van der Waals surface area contributed by atoms with Crippen molar-refractivity contribution in [2.75, 3.05) is 12.3 Å². The summed E-state index contributed by atoms with van der Waals surface area (Å²) in [5.41, 5.74) is 3.12. The van der Waals surface area contributed by atoms with Gasteiger partial charge < -0.3 is 30.5 Å². The Balaban J connectivity index is 0.00000341. The van der Waals surface area contributed by atoms with Crippen LogP contribution in [0.1, 0.15) is 32.4 Å². The van der Waals surface area contributed by atoms with Crippen LogP contribution in [0.3, 0.4) is 0 Å². The standard InChI is InChI=1S/C16H19N5O8S.Na/c1-7(2)29-20-11(9-6-30-15(17)19-9)12(23)18-8-5-27-21(13(8)24)16(14(25)26)4-3-10(22)28-16;/h6-8H,3-5H2,1-2H3,(H2,17,19)(H,18,23)(H,25,26);/q;+1/p-1/t8-,16?;/m0./s1. The number of ether oxygens (including phenoxy) is 1. The molecule has 0 saturated carbocycles. The number of thiazole rings is 1. The fourth-order valence-corrected chi connectivity index (χ4v) is 3.28. The minimum atomic E-state index is -2.38. The topological polar surface area (TPSA) is 186 Å². The number of nitrogen functional groups attached to an aromatic ring is 1. The summed E-state index contributed by atoms with van der Waals surface area (Å²) in [7, 11) is 0. The zero-order chi connectivity index (χ0) is 22.1. The van der Waals surface area contributed by atoms with Crippen LogP contribution in [0.5, 0.6) is 0 Å². The largest absolute Gasteiger partial charge is 1.00 e. The molecule has 0 radical (unpaired) electrons. The number of cyclic esters (lactones) is 1. The number of amides is 2. The van der Waals surface area contributed by atoms with Crippen molar-refractivity contribution < 1.29 is 68.3 Å². The Morgan fingerprint density at radius 3 is 2.71 bits per heavy atom. The first-order valence-electron chi connectivity index (χ1n) is 8.80. The number of nitrogens with one attached hydrogen (secondary N) is 1. The first-order valence-corrected chi connectivity index (χ1v) is 9.68. The molecule has 3 rings (SSSR count). The minimum Gasteiger partial charge on any atom is -0.544 e. The third-order valence-electron chi connectivity index (χ3n) is 4.11. The van der Waals surface area contributed by atoms with Gasteiger partial charge in [-0.25, -0.2) is 4.98 Å². The molecule has 31 heavy (non-hydrogen) atoms. The predicted octanol–water partition coefficient (Wildman–Crippen LogP) is -5.10. The van der Waals surface area contributed by atoms with E-state index >= 15 is 0 Å². The number of hydrogen-bond donors (Lipinski definition) is 2. The number of aliphatic carboxylic acids is 1. The Kier molecular flexibility index (Phi) is 7.99. The summed E-state index contributed by atoms with van der Waals surface area (Å²) in [5.74, 6) is -4.37. The number of nitrogens with two attached hydrogens (primary N) is 1. The van der Waals surface area contributed by atoms with Crippen LogP contribution in [0.2, 0.25) is 0 Å². The molecule has 0 spiro atoms. The smallest absolute Gasteiger partial charge is 0.544 e. The van der Waals surface area contributed by atoms with Crippen molar-refractivity contribution in [2.24, 2.45) is 5.16 Å². The average molecular weight is 463 g/mol. The number of carboxylic acids is 1. The summed E-state index contributed by atoms with van der Waals surface area (Å²) >= 11 is 1.08. The van der Waals surface area contributed by atoms with Crippen LogP contribution in [-0.2, 0) is 33.6 Å². The van der Waals surface area contributed by atoms with Crippen molar-refractivity contribution in [3.8, 4) is 0 Å². The number of hydroxylamine groups is 2. The fourth-order valence-electron chi connectivity index (χ4n) is 2.73. The van der Waals surface area contributed by atoms with Gasteiger partial charge in [-0.2, -0.15) is 5.06 Å². The molecular weight excluding hydrogens is 445 g/mol. The maximum absolute atomic E-state index is 12.7. The predicted molar refractivity (Wildman–Crippen MR) is 97.1 cm³/mol. The fraction of sp³-hybridized carbons (Fsp3) is 0.500. The first kappa shape index (κ1) is 25.0. The number of rotatable bonds is 7. The molecule has 2 aliphatic rings. The Morgan fingerprint density at radius 1 is 1.48 bits per heavy atom. The third kappa shape index (κ3) is 5.15. The van der Waals surface area contributed by atoms with Crippen molar-refractivity contribution in [2.45, 2.75) is 44.6 Å². The van der Waals surface area contributed by atoms with E-state index in [2.05, 4.69) is 15.5 Å². The number of anilines is 1. The number of nitrogens with zero attached hydrogens (tertiary/aromatic N) is 3. The molecule has 2 fully saturated rings. The molecule has 15 heteroatoms.